The van der Waals surface area contributed by atoms with E-state index in [0.29, 0.717) is 17.4 Å². The van der Waals surface area contributed by atoms with Gasteiger partial charge < -0.3 is 4.74 Å². The number of ether oxygens (including phenoxy) is 1. The smallest absolute Gasteiger partial charge is 0.310 e. The first-order valence-corrected chi connectivity index (χ1v) is 7.90. The number of amides is 1. The van der Waals surface area contributed by atoms with Gasteiger partial charge in [0.05, 0.1) is 10.6 Å². The molecule has 0 saturated heterocycles. The van der Waals surface area contributed by atoms with E-state index in [1.54, 1.807) is 22.4 Å². The summed E-state index contributed by atoms with van der Waals surface area (Å²) in [5.74, 6) is 0.132. The molecule has 23 heavy (non-hydrogen) atoms. The first-order valence-electron chi connectivity index (χ1n) is 7.02. The fourth-order valence-electron chi connectivity index (χ4n) is 2.02. The molecule has 8 heteroatoms. The van der Waals surface area contributed by atoms with Gasteiger partial charge in [0, 0.05) is 24.9 Å². The molecule has 1 heterocycles. The second-order valence-corrected chi connectivity index (χ2v) is 5.74. The monoisotopic (exact) mass is 335 g/mol. The number of benzene rings is 1. The molecule has 0 saturated carbocycles. The van der Waals surface area contributed by atoms with Crippen LogP contribution < -0.4 is 9.64 Å². The largest absolute Gasteiger partial charge is 0.480 e. The van der Waals surface area contributed by atoms with E-state index in [-0.39, 0.29) is 24.0 Å². The quantitative estimate of drug-likeness (QED) is 0.597. The third-order valence-electron chi connectivity index (χ3n) is 3.15. The maximum absolute atomic E-state index is 11.5. The molecule has 0 fully saturated rings. The van der Waals surface area contributed by atoms with Crippen LogP contribution in [0.25, 0.3) is 0 Å². The number of aromatic nitrogens is 1. The van der Waals surface area contributed by atoms with Gasteiger partial charge in [0.25, 0.3) is 0 Å². The van der Waals surface area contributed by atoms with E-state index in [0.717, 1.165) is 5.56 Å². The number of anilines is 1. The first kappa shape index (κ1) is 16.9. The molecule has 2 rings (SSSR count). The van der Waals surface area contributed by atoms with Crippen LogP contribution in [0.1, 0.15) is 25.1 Å². The van der Waals surface area contributed by atoms with Gasteiger partial charge in [-0.05, 0) is 25.5 Å². The van der Waals surface area contributed by atoms with Gasteiger partial charge in [-0.25, -0.2) is 4.98 Å². The number of hydrogen-bond donors (Lipinski definition) is 0. The average Bonchev–Trinajstić information content (AvgIpc) is 2.93. The topological polar surface area (TPSA) is 85.6 Å². The van der Waals surface area contributed by atoms with Crippen LogP contribution in [0.4, 0.5) is 10.8 Å². The average molecular weight is 335 g/mol. The first-order chi connectivity index (χ1) is 10.9. The van der Waals surface area contributed by atoms with Gasteiger partial charge >= 0.3 is 5.69 Å². The molecular formula is C15H17N3O4S. The Bertz CT molecular complexity index is 729. The molecule has 7 nitrogen and oxygen atoms in total. The van der Waals surface area contributed by atoms with E-state index in [1.807, 2.05) is 13.8 Å². The summed E-state index contributed by atoms with van der Waals surface area (Å²) < 4.78 is 5.55. The van der Waals surface area contributed by atoms with Crippen molar-refractivity contribution in [3.8, 4) is 5.75 Å². The summed E-state index contributed by atoms with van der Waals surface area (Å²) in [7, 11) is 0. The van der Waals surface area contributed by atoms with Crippen molar-refractivity contribution in [3.63, 3.8) is 0 Å². The van der Waals surface area contributed by atoms with Crippen LogP contribution in [-0.2, 0) is 11.4 Å². The van der Waals surface area contributed by atoms with E-state index < -0.39 is 4.92 Å². The highest BCUT2D eigenvalue weighted by Gasteiger charge is 2.17. The van der Waals surface area contributed by atoms with Crippen LogP contribution >= 0.6 is 11.3 Å². The number of aryl methyl sites for hydroxylation is 1. The highest BCUT2D eigenvalue weighted by atomic mass is 32.1. The Morgan fingerprint density at radius 1 is 1.48 bits per heavy atom. The Labute approximate surface area is 137 Å². The van der Waals surface area contributed by atoms with Gasteiger partial charge in [-0.1, -0.05) is 6.07 Å². The van der Waals surface area contributed by atoms with Crippen molar-refractivity contribution in [1.82, 2.24) is 4.98 Å². The molecule has 0 N–H and O–H groups in total. The van der Waals surface area contributed by atoms with Gasteiger partial charge in [-0.2, -0.15) is 0 Å². The van der Waals surface area contributed by atoms with Crippen LogP contribution in [-0.4, -0.2) is 22.4 Å². The number of nitro benzene ring substituents is 1. The van der Waals surface area contributed by atoms with E-state index in [2.05, 4.69) is 4.98 Å². The van der Waals surface area contributed by atoms with E-state index >= 15 is 0 Å². The number of hydrogen-bond acceptors (Lipinski definition) is 6. The minimum atomic E-state index is -0.476. The van der Waals surface area contributed by atoms with Gasteiger partial charge in [0.15, 0.2) is 10.9 Å². The third-order valence-corrected chi connectivity index (χ3v) is 4.07. The van der Waals surface area contributed by atoms with E-state index in [1.165, 1.54) is 24.3 Å². The fourth-order valence-corrected chi connectivity index (χ4v) is 2.94. The zero-order chi connectivity index (χ0) is 17.0. The summed E-state index contributed by atoms with van der Waals surface area (Å²) in [6.45, 7) is 5.83. The van der Waals surface area contributed by atoms with Crippen molar-refractivity contribution in [2.24, 2.45) is 0 Å². The Morgan fingerprint density at radius 3 is 2.83 bits per heavy atom. The number of carbonyl (C=O) groups is 1. The van der Waals surface area contributed by atoms with Gasteiger partial charge in [-0.15, -0.1) is 11.3 Å². The zero-order valence-electron chi connectivity index (χ0n) is 13.1. The Kier molecular flexibility index (Phi) is 5.28. The van der Waals surface area contributed by atoms with Crippen molar-refractivity contribution < 1.29 is 14.5 Å². The molecule has 0 aliphatic heterocycles. The fraction of sp³-hybridized carbons (Fsp3) is 0.333. The van der Waals surface area contributed by atoms with Gasteiger partial charge in [0.2, 0.25) is 5.91 Å². The van der Waals surface area contributed by atoms with E-state index in [9.17, 15) is 14.9 Å². The summed E-state index contributed by atoms with van der Waals surface area (Å²) in [6.07, 6.45) is 0. The molecule has 122 valence electrons. The molecule has 2 aromatic rings. The normalized spacial score (nSPS) is 10.4. The SMILES string of the molecule is CCN(C(C)=O)c1nc(COc2cc(C)ccc2[N+](=O)[O-])cs1. The number of nitrogens with zero attached hydrogens (tertiary/aromatic N) is 3. The Morgan fingerprint density at radius 2 is 2.22 bits per heavy atom. The van der Waals surface area contributed by atoms with Crippen molar-refractivity contribution in [2.45, 2.75) is 27.4 Å². The molecular weight excluding hydrogens is 318 g/mol. The minimum absolute atomic E-state index is 0.0787. The lowest BCUT2D eigenvalue weighted by atomic mass is 10.2. The summed E-state index contributed by atoms with van der Waals surface area (Å²) in [6, 6.07) is 4.71. The van der Waals surface area contributed by atoms with Crippen LogP contribution in [0.2, 0.25) is 0 Å². The highest BCUT2D eigenvalue weighted by Crippen LogP contribution is 2.29. The molecule has 0 spiro atoms. The Hall–Kier alpha value is -2.48. The molecule has 1 amide bonds. The molecule has 0 bridgehead atoms. The van der Waals surface area contributed by atoms with Crippen molar-refractivity contribution in [3.05, 3.63) is 45.0 Å². The minimum Gasteiger partial charge on any atom is -0.480 e. The molecule has 1 aromatic carbocycles. The standard InChI is InChI=1S/C15H17N3O4S/c1-4-17(11(3)19)15-16-12(9-23-15)8-22-14-7-10(2)5-6-13(14)18(20)21/h5-7,9H,4,8H2,1-3H3. The van der Waals surface area contributed by atoms with E-state index in [4.69, 9.17) is 4.74 Å². The number of carbonyl (C=O) groups excluding carboxylic acids is 1. The second-order valence-electron chi connectivity index (χ2n) is 4.90. The summed E-state index contributed by atoms with van der Waals surface area (Å²) >= 11 is 1.34. The molecule has 0 radical (unpaired) electrons. The molecule has 1 aromatic heterocycles. The molecule has 0 atom stereocenters. The summed E-state index contributed by atoms with van der Waals surface area (Å²) in [5, 5.41) is 13.4. The maximum Gasteiger partial charge on any atom is 0.310 e. The van der Waals surface area contributed by atoms with Crippen LogP contribution in [0.5, 0.6) is 5.75 Å². The predicted molar refractivity (Wildman–Crippen MR) is 88.0 cm³/mol. The molecule has 0 aliphatic carbocycles. The van der Waals surface area contributed by atoms with Gasteiger partial charge in [0.1, 0.15) is 6.61 Å². The third kappa shape index (κ3) is 4.04. The Balaban J connectivity index is 2.13. The van der Waals surface area contributed by atoms with Crippen LogP contribution in [0, 0.1) is 17.0 Å². The van der Waals surface area contributed by atoms with Gasteiger partial charge in [-0.3, -0.25) is 19.8 Å². The number of nitro groups is 1. The van der Waals surface area contributed by atoms with Crippen LogP contribution in [0.3, 0.4) is 0 Å². The lowest BCUT2D eigenvalue weighted by Crippen LogP contribution is -2.27. The summed E-state index contributed by atoms with van der Waals surface area (Å²) in [5.41, 5.74) is 1.42. The molecule has 0 unspecified atom stereocenters. The van der Waals surface area contributed by atoms with Crippen molar-refractivity contribution in [2.75, 3.05) is 11.4 Å². The number of thiazole rings is 1. The molecule has 0 aliphatic rings. The zero-order valence-corrected chi connectivity index (χ0v) is 13.9. The lowest BCUT2D eigenvalue weighted by molar-refractivity contribution is -0.386. The maximum atomic E-state index is 11.5. The highest BCUT2D eigenvalue weighted by molar-refractivity contribution is 7.14. The van der Waals surface area contributed by atoms with Crippen LogP contribution in [0.15, 0.2) is 23.6 Å². The lowest BCUT2D eigenvalue weighted by Gasteiger charge is -2.14. The predicted octanol–water partition coefficient (Wildman–Crippen LogP) is 3.31. The van der Waals surface area contributed by atoms with Crippen molar-refractivity contribution >= 4 is 28.1 Å². The second kappa shape index (κ2) is 7.19. The summed E-state index contributed by atoms with van der Waals surface area (Å²) in [4.78, 5) is 28.0. The number of rotatable bonds is 6. The van der Waals surface area contributed by atoms with Crippen molar-refractivity contribution in [1.29, 1.82) is 0 Å².